The van der Waals surface area contributed by atoms with Crippen molar-refractivity contribution in [3.63, 3.8) is 0 Å². The molecule has 3 rings (SSSR count). The summed E-state index contributed by atoms with van der Waals surface area (Å²) in [4.78, 5) is 37.6. The number of hydrogen-bond donors (Lipinski definition) is 1. The summed E-state index contributed by atoms with van der Waals surface area (Å²) >= 11 is 0. The van der Waals surface area contributed by atoms with Gasteiger partial charge in [-0.25, -0.2) is 4.39 Å². The van der Waals surface area contributed by atoms with Gasteiger partial charge in [0.25, 0.3) is 5.91 Å². The summed E-state index contributed by atoms with van der Waals surface area (Å²) < 4.78 is 18.4. The molecule has 1 aliphatic heterocycles. The Balaban J connectivity index is 1.55. The average Bonchev–Trinajstić information content (AvgIpc) is 2.72. The highest BCUT2D eigenvalue weighted by Crippen LogP contribution is 2.21. The summed E-state index contributed by atoms with van der Waals surface area (Å²) in [6.45, 7) is 0.907. The molecule has 0 spiro atoms. The van der Waals surface area contributed by atoms with E-state index in [1.54, 1.807) is 29.2 Å². The van der Waals surface area contributed by atoms with Gasteiger partial charge in [-0.05, 0) is 54.8 Å². The van der Waals surface area contributed by atoms with Gasteiger partial charge in [0, 0.05) is 24.2 Å². The number of ether oxygens (including phenoxy) is 1. The van der Waals surface area contributed by atoms with Gasteiger partial charge in [-0.15, -0.1) is 0 Å². The SMILES string of the molecule is NC(=O)c1ccc(COC(=O)C2CCCN(C(=O)c3ccc(F)cc3)C2)cc1. The number of primary amides is 1. The normalized spacial score (nSPS) is 16.5. The van der Waals surface area contributed by atoms with Crippen LogP contribution in [0.2, 0.25) is 0 Å². The van der Waals surface area contributed by atoms with Crippen LogP contribution < -0.4 is 5.73 Å². The van der Waals surface area contributed by atoms with Gasteiger partial charge in [0.05, 0.1) is 5.92 Å². The third-order valence-electron chi connectivity index (χ3n) is 4.75. The van der Waals surface area contributed by atoms with Gasteiger partial charge in [0.15, 0.2) is 0 Å². The Hall–Kier alpha value is -3.22. The molecule has 1 atom stereocenters. The van der Waals surface area contributed by atoms with Crippen LogP contribution in [-0.4, -0.2) is 35.8 Å². The molecule has 2 aromatic rings. The molecule has 0 saturated carbocycles. The molecule has 1 heterocycles. The van der Waals surface area contributed by atoms with Crippen molar-refractivity contribution in [3.05, 3.63) is 71.0 Å². The Morgan fingerprint density at radius 1 is 1.04 bits per heavy atom. The van der Waals surface area contributed by atoms with E-state index in [-0.39, 0.29) is 25.0 Å². The smallest absolute Gasteiger partial charge is 0.311 e. The first-order valence-corrected chi connectivity index (χ1v) is 9.04. The highest BCUT2D eigenvalue weighted by molar-refractivity contribution is 5.94. The van der Waals surface area contributed by atoms with Crippen LogP contribution in [0.3, 0.4) is 0 Å². The van der Waals surface area contributed by atoms with Gasteiger partial charge in [0.1, 0.15) is 12.4 Å². The van der Waals surface area contributed by atoms with E-state index < -0.39 is 17.6 Å². The lowest BCUT2D eigenvalue weighted by molar-refractivity contribution is -0.151. The van der Waals surface area contributed by atoms with Crippen LogP contribution in [0, 0.1) is 11.7 Å². The highest BCUT2D eigenvalue weighted by atomic mass is 19.1. The quantitative estimate of drug-likeness (QED) is 0.802. The van der Waals surface area contributed by atoms with Gasteiger partial charge in [0.2, 0.25) is 5.91 Å². The third-order valence-corrected chi connectivity index (χ3v) is 4.75. The lowest BCUT2D eigenvalue weighted by Gasteiger charge is -2.31. The number of nitrogens with two attached hydrogens (primary N) is 1. The second-order valence-electron chi connectivity index (χ2n) is 6.77. The molecule has 2 aromatic carbocycles. The molecule has 0 bridgehead atoms. The zero-order valence-corrected chi connectivity index (χ0v) is 15.3. The molecule has 1 unspecified atom stereocenters. The van der Waals surface area contributed by atoms with Crippen LogP contribution in [0.5, 0.6) is 0 Å². The largest absolute Gasteiger partial charge is 0.461 e. The van der Waals surface area contributed by atoms with Crippen molar-refractivity contribution in [1.29, 1.82) is 0 Å². The summed E-state index contributed by atoms with van der Waals surface area (Å²) in [6, 6.07) is 11.9. The van der Waals surface area contributed by atoms with E-state index >= 15 is 0 Å². The van der Waals surface area contributed by atoms with Crippen molar-refractivity contribution in [3.8, 4) is 0 Å². The van der Waals surface area contributed by atoms with Gasteiger partial charge in [-0.3, -0.25) is 14.4 Å². The Kier molecular flexibility index (Phi) is 6.03. The molecule has 7 heteroatoms. The zero-order valence-electron chi connectivity index (χ0n) is 15.3. The minimum atomic E-state index is -0.517. The molecule has 2 amide bonds. The maximum absolute atomic E-state index is 13.0. The number of esters is 1. The summed E-state index contributed by atoms with van der Waals surface area (Å²) in [5.74, 6) is -1.91. The molecular weight excluding hydrogens is 363 g/mol. The first kappa shape index (κ1) is 19.5. The highest BCUT2D eigenvalue weighted by Gasteiger charge is 2.30. The van der Waals surface area contributed by atoms with Crippen LogP contribution >= 0.6 is 0 Å². The maximum Gasteiger partial charge on any atom is 0.311 e. The fraction of sp³-hybridized carbons (Fsp3) is 0.286. The van der Waals surface area contributed by atoms with Crippen LogP contribution in [-0.2, 0) is 16.1 Å². The number of carbonyl (C=O) groups excluding carboxylic acids is 3. The second kappa shape index (κ2) is 8.65. The van der Waals surface area contributed by atoms with Crippen molar-refractivity contribution in [2.75, 3.05) is 13.1 Å². The first-order valence-electron chi connectivity index (χ1n) is 9.04. The monoisotopic (exact) mass is 384 g/mol. The van der Waals surface area contributed by atoms with E-state index in [9.17, 15) is 18.8 Å². The maximum atomic E-state index is 13.0. The van der Waals surface area contributed by atoms with Gasteiger partial charge in [-0.2, -0.15) is 0 Å². The molecular formula is C21H21FN2O4. The van der Waals surface area contributed by atoms with Crippen LogP contribution in [0.1, 0.15) is 39.1 Å². The minimum Gasteiger partial charge on any atom is -0.461 e. The summed E-state index contributed by atoms with van der Waals surface area (Å²) in [5, 5.41) is 0. The van der Waals surface area contributed by atoms with Crippen molar-refractivity contribution in [2.45, 2.75) is 19.4 Å². The predicted molar refractivity (Wildman–Crippen MR) is 99.8 cm³/mol. The van der Waals surface area contributed by atoms with Crippen molar-refractivity contribution >= 4 is 17.8 Å². The molecule has 0 aliphatic carbocycles. The van der Waals surface area contributed by atoms with Crippen molar-refractivity contribution < 1.29 is 23.5 Å². The van der Waals surface area contributed by atoms with E-state index in [1.807, 2.05) is 0 Å². The van der Waals surface area contributed by atoms with Crippen LogP contribution in [0.4, 0.5) is 4.39 Å². The summed E-state index contributed by atoms with van der Waals surface area (Å²) in [5.41, 5.74) is 6.72. The first-order chi connectivity index (χ1) is 13.4. The molecule has 1 saturated heterocycles. The Labute approximate surface area is 162 Å². The molecule has 28 heavy (non-hydrogen) atoms. The molecule has 0 radical (unpaired) electrons. The summed E-state index contributed by atoms with van der Waals surface area (Å²) in [6.07, 6.45) is 1.34. The zero-order chi connectivity index (χ0) is 20.1. The van der Waals surface area contributed by atoms with Gasteiger partial charge >= 0.3 is 5.97 Å². The van der Waals surface area contributed by atoms with E-state index in [0.717, 1.165) is 5.56 Å². The second-order valence-corrected chi connectivity index (χ2v) is 6.77. The predicted octanol–water partition coefficient (Wildman–Crippen LogP) is 2.52. The molecule has 1 fully saturated rings. The molecule has 0 aromatic heterocycles. The number of halogens is 1. The molecule has 146 valence electrons. The standard InChI is InChI=1S/C21H21FN2O4/c22-18-9-7-16(8-10-18)20(26)24-11-1-2-17(12-24)21(27)28-13-14-3-5-15(6-4-14)19(23)25/h3-10,17H,1-2,11-13H2,(H2,23,25). The number of hydrogen-bond acceptors (Lipinski definition) is 4. The number of carbonyl (C=O) groups is 3. The van der Waals surface area contributed by atoms with E-state index in [4.69, 9.17) is 10.5 Å². The third kappa shape index (κ3) is 4.73. The number of likely N-dealkylation sites (tertiary alicyclic amines) is 1. The Morgan fingerprint density at radius 2 is 1.68 bits per heavy atom. The number of amides is 2. The van der Waals surface area contributed by atoms with E-state index in [1.165, 1.54) is 24.3 Å². The fourth-order valence-corrected chi connectivity index (χ4v) is 3.17. The molecule has 6 nitrogen and oxygen atoms in total. The number of piperidine rings is 1. The van der Waals surface area contributed by atoms with Gasteiger partial charge in [-0.1, -0.05) is 12.1 Å². The number of nitrogens with zero attached hydrogens (tertiary/aromatic N) is 1. The molecule has 2 N–H and O–H groups in total. The van der Waals surface area contributed by atoms with Crippen LogP contribution in [0.25, 0.3) is 0 Å². The lowest BCUT2D eigenvalue weighted by Crippen LogP contribution is -2.42. The van der Waals surface area contributed by atoms with Crippen LogP contribution in [0.15, 0.2) is 48.5 Å². The minimum absolute atomic E-state index is 0.0836. The molecule has 1 aliphatic rings. The Bertz CT molecular complexity index is 865. The lowest BCUT2D eigenvalue weighted by atomic mass is 9.97. The number of benzene rings is 2. The fourth-order valence-electron chi connectivity index (χ4n) is 3.17. The van der Waals surface area contributed by atoms with Crippen molar-refractivity contribution in [1.82, 2.24) is 4.90 Å². The average molecular weight is 384 g/mol. The Morgan fingerprint density at radius 3 is 2.32 bits per heavy atom. The van der Waals surface area contributed by atoms with E-state index in [2.05, 4.69) is 0 Å². The topological polar surface area (TPSA) is 89.7 Å². The van der Waals surface area contributed by atoms with E-state index in [0.29, 0.717) is 30.5 Å². The van der Waals surface area contributed by atoms with Crippen molar-refractivity contribution in [2.24, 2.45) is 11.7 Å². The number of rotatable bonds is 5. The van der Waals surface area contributed by atoms with Gasteiger partial charge < -0.3 is 15.4 Å². The summed E-state index contributed by atoms with van der Waals surface area (Å²) in [7, 11) is 0.